The number of likely N-dealkylation sites (tertiary alicyclic amines) is 2. The largest absolute Gasteiger partial charge is 0.493 e. The number of carboxylic acids is 1. The number of nitrogens with zero attached hydrogens (tertiary/aromatic N) is 3. The molecule has 3 heterocycles. The lowest BCUT2D eigenvalue weighted by Gasteiger charge is -2.35. The summed E-state index contributed by atoms with van der Waals surface area (Å²) in [6, 6.07) is 10.1. The summed E-state index contributed by atoms with van der Waals surface area (Å²) in [5.41, 5.74) is 3.12. The Bertz CT molecular complexity index is 1340. The van der Waals surface area contributed by atoms with Crippen LogP contribution in [-0.2, 0) is 20.8 Å². The van der Waals surface area contributed by atoms with E-state index in [2.05, 4.69) is 19.9 Å². The molecule has 1 N–H and O–H groups in total. The second-order valence-electron chi connectivity index (χ2n) is 12.3. The zero-order chi connectivity index (χ0) is 30.7. The highest BCUT2D eigenvalue weighted by atomic mass is 19.1. The van der Waals surface area contributed by atoms with Crippen molar-refractivity contribution in [3.05, 3.63) is 58.9 Å². The molecule has 3 atom stereocenters. The fraction of sp³-hybridized carbons (Fsp3) is 0.559. The van der Waals surface area contributed by atoms with Gasteiger partial charge in [0.15, 0.2) is 0 Å². The Morgan fingerprint density at radius 1 is 1.12 bits per heavy atom. The topological polar surface area (TPSA) is 90.4 Å². The van der Waals surface area contributed by atoms with Gasteiger partial charge in [-0.25, -0.2) is 4.39 Å². The van der Waals surface area contributed by atoms with E-state index in [1.807, 2.05) is 21.9 Å². The van der Waals surface area contributed by atoms with Crippen molar-refractivity contribution in [2.75, 3.05) is 37.7 Å². The smallest absolute Gasteiger partial charge is 0.308 e. The summed E-state index contributed by atoms with van der Waals surface area (Å²) in [5, 5.41) is 10.6. The number of rotatable bonds is 12. The van der Waals surface area contributed by atoms with Crippen LogP contribution in [0.25, 0.3) is 0 Å². The monoisotopic (exact) mass is 593 g/mol. The predicted molar refractivity (Wildman–Crippen MR) is 163 cm³/mol. The lowest BCUT2D eigenvalue weighted by molar-refractivity contribution is -0.144. The van der Waals surface area contributed by atoms with E-state index in [-0.39, 0.29) is 42.7 Å². The molecule has 8 nitrogen and oxygen atoms in total. The lowest BCUT2D eigenvalue weighted by Crippen LogP contribution is -2.51. The fourth-order valence-corrected chi connectivity index (χ4v) is 7.27. The molecular weight excluding hydrogens is 549 g/mol. The van der Waals surface area contributed by atoms with Crippen LogP contribution < -0.4 is 9.64 Å². The molecule has 232 valence electrons. The van der Waals surface area contributed by atoms with Gasteiger partial charge < -0.3 is 19.6 Å². The molecule has 0 spiro atoms. The van der Waals surface area contributed by atoms with Gasteiger partial charge >= 0.3 is 5.97 Å². The van der Waals surface area contributed by atoms with Crippen molar-refractivity contribution in [3.8, 4) is 5.75 Å². The lowest BCUT2D eigenvalue weighted by atomic mass is 9.84. The summed E-state index contributed by atoms with van der Waals surface area (Å²) in [5.74, 6) is -1.64. The van der Waals surface area contributed by atoms with Gasteiger partial charge in [0.1, 0.15) is 11.6 Å². The summed E-state index contributed by atoms with van der Waals surface area (Å²) in [4.78, 5) is 45.5. The molecule has 0 aliphatic carbocycles. The van der Waals surface area contributed by atoms with Gasteiger partial charge in [-0.2, -0.15) is 0 Å². The zero-order valence-electron chi connectivity index (χ0n) is 25.6. The third-order valence-corrected chi connectivity index (χ3v) is 9.39. The first kappa shape index (κ1) is 31.0. The van der Waals surface area contributed by atoms with Crippen LogP contribution in [-0.4, -0.2) is 77.6 Å². The molecule has 2 aromatic carbocycles. The van der Waals surface area contributed by atoms with E-state index in [1.54, 1.807) is 24.0 Å². The molecule has 3 aliphatic rings. The second-order valence-corrected chi connectivity index (χ2v) is 12.3. The molecular formula is C34H44FN3O5. The van der Waals surface area contributed by atoms with E-state index in [4.69, 9.17) is 4.74 Å². The third-order valence-electron chi connectivity index (χ3n) is 9.39. The van der Waals surface area contributed by atoms with E-state index < -0.39 is 17.9 Å². The van der Waals surface area contributed by atoms with Crippen LogP contribution in [0.4, 0.5) is 10.1 Å². The fourth-order valence-electron chi connectivity index (χ4n) is 7.27. The number of anilines is 1. The molecule has 0 bridgehead atoms. The number of benzene rings is 2. The van der Waals surface area contributed by atoms with Gasteiger partial charge in [-0.3, -0.25) is 19.3 Å². The third kappa shape index (κ3) is 6.56. The number of aliphatic carboxylic acids is 1. The van der Waals surface area contributed by atoms with E-state index >= 15 is 0 Å². The van der Waals surface area contributed by atoms with Crippen molar-refractivity contribution >= 4 is 23.5 Å². The van der Waals surface area contributed by atoms with Crippen molar-refractivity contribution < 1.29 is 28.6 Å². The van der Waals surface area contributed by atoms with Crippen LogP contribution in [0.3, 0.4) is 0 Å². The molecule has 3 aliphatic heterocycles. The minimum Gasteiger partial charge on any atom is -0.493 e. The Labute approximate surface area is 253 Å². The van der Waals surface area contributed by atoms with Crippen molar-refractivity contribution in [3.63, 3.8) is 0 Å². The highest BCUT2D eigenvalue weighted by Gasteiger charge is 2.49. The van der Waals surface area contributed by atoms with Crippen molar-refractivity contribution in [1.82, 2.24) is 9.80 Å². The zero-order valence-corrected chi connectivity index (χ0v) is 25.6. The number of carbonyl (C=O) groups excluding carboxylic acids is 2. The maximum Gasteiger partial charge on any atom is 0.308 e. The molecule has 2 amide bonds. The molecule has 43 heavy (non-hydrogen) atoms. The average molecular weight is 594 g/mol. The van der Waals surface area contributed by atoms with Gasteiger partial charge in [-0.1, -0.05) is 38.8 Å². The van der Waals surface area contributed by atoms with Gasteiger partial charge in [-0.15, -0.1) is 0 Å². The number of carbonyl (C=O) groups is 3. The number of amides is 2. The number of carboxylic acid groups (broad SMARTS) is 1. The summed E-state index contributed by atoms with van der Waals surface area (Å²) >= 11 is 0. The quantitative estimate of drug-likeness (QED) is 0.366. The van der Waals surface area contributed by atoms with E-state index in [1.165, 1.54) is 6.07 Å². The van der Waals surface area contributed by atoms with Gasteiger partial charge in [0.2, 0.25) is 11.8 Å². The molecule has 3 unspecified atom stereocenters. The number of aryl methyl sites for hydroxylation is 1. The normalized spacial score (nSPS) is 21.8. The molecule has 0 aromatic heterocycles. The Morgan fingerprint density at radius 3 is 2.53 bits per heavy atom. The van der Waals surface area contributed by atoms with Crippen LogP contribution >= 0.6 is 0 Å². The average Bonchev–Trinajstić information content (AvgIpc) is 3.70. The van der Waals surface area contributed by atoms with Gasteiger partial charge in [-0.05, 0) is 67.1 Å². The van der Waals surface area contributed by atoms with E-state index in [0.717, 1.165) is 55.4 Å². The first-order valence-electron chi connectivity index (χ1n) is 15.8. The number of hydrogen-bond acceptors (Lipinski definition) is 5. The maximum atomic E-state index is 14.4. The van der Waals surface area contributed by atoms with Crippen molar-refractivity contribution in [1.29, 1.82) is 0 Å². The van der Waals surface area contributed by atoms with E-state index in [9.17, 15) is 23.9 Å². The summed E-state index contributed by atoms with van der Waals surface area (Å²) in [7, 11) is 0. The standard InChI is InChI=1S/C34H44FN3O5/c1-4-7-25(8-5-2)38(26-11-12-28(35)22(3)17-26)32(40)21-37-19-27(23-10-13-30-24(18-23)14-16-43-30)33(34(41)42)29(37)20-36-15-6-9-31(36)39/h10-13,17-18,25,27,29,33H,4-9,14-16,19-21H2,1-3H3,(H,41,42). The summed E-state index contributed by atoms with van der Waals surface area (Å²) in [6.45, 7) is 7.77. The number of ether oxygens (including phenoxy) is 1. The van der Waals surface area contributed by atoms with E-state index in [0.29, 0.717) is 37.4 Å². The molecule has 9 heteroatoms. The Morgan fingerprint density at radius 2 is 1.88 bits per heavy atom. The predicted octanol–water partition coefficient (Wildman–Crippen LogP) is 5.16. The second kappa shape index (κ2) is 13.5. The van der Waals surface area contributed by atoms with Crippen LogP contribution in [0.15, 0.2) is 36.4 Å². The van der Waals surface area contributed by atoms with Crippen LogP contribution in [0.1, 0.15) is 75.0 Å². The molecule has 2 saturated heterocycles. The minimum absolute atomic E-state index is 0.0153. The van der Waals surface area contributed by atoms with Gasteiger partial charge in [0, 0.05) is 56.2 Å². The van der Waals surface area contributed by atoms with Gasteiger partial charge in [0.25, 0.3) is 0 Å². The van der Waals surface area contributed by atoms with Crippen LogP contribution in [0, 0.1) is 18.7 Å². The number of fused-ring (bicyclic) bond motifs is 1. The van der Waals surface area contributed by atoms with Crippen molar-refractivity contribution in [2.45, 2.75) is 83.7 Å². The number of halogens is 1. The molecule has 5 rings (SSSR count). The number of hydrogen-bond donors (Lipinski definition) is 1. The van der Waals surface area contributed by atoms with Crippen LogP contribution in [0.2, 0.25) is 0 Å². The minimum atomic E-state index is -0.922. The summed E-state index contributed by atoms with van der Waals surface area (Å²) in [6.07, 6.45) is 5.39. The SMILES string of the molecule is CCCC(CCC)N(C(=O)CN1CC(c2ccc3c(c2)CCO3)C(C(=O)O)C1CN1CCCC1=O)c1ccc(F)c(C)c1. The van der Waals surface area contributed by atoms with Crippen LogP contribution in [0.5, 0.6) is 5.75 Å². The molecule has 0 saturated carbocycles. The Balaban J connectivity index is 1.49. The Kier molecular flexibility index (Phi) is 9.69. The highest BCUT2D eigenvalue weighted by molar-refractivity contribution is 5.95. The first-order valence-corrected chi connectivity index (χ1v) is 15.8. The molecule has 2 aromatic rings. The first-order chi connectivity index (χ1) is 20.7. The van der Waals surface area contributed by atoms with Crippen molar-refractivity contribution in [2.24, 2.45) is 5.92 Å². The van der Waals surface area contributed by atoms with Gasteiger partial charge in [0.05, 0.1) is 19.1 Å². The molecule has 0 radical (unpaired) electrons. The molecule has 2 fully saturated rings. The Hall–Kier alpha value is -3.46. The maximum absolute atomic E-state index is 14.4. The highest BCUT2D eigenvalue weighted by Crippen LogP contribution is 2.41. The summed E-state index contributed by atoms with van der Waals surface area (Å²) < 4.78 is 20.0.